The first-order valence-electron chi connectivity index (χ1n) is 10.6. The summed E-state index contributed by atoms with van der Waals surface area (Å²) in [5, 5.41) is 6.07. The molecule has 0 saturated carbocycles. The Kier molecular flexibility index (Phi) is 8.35. The van der Waals surface area contributed by atoms with Gasteiger partial charge in [-0.05, 0) is 49.2 Å². The van der Waals surface area contributed by atoms with E-state index >= 15 is 0 Å². The van der Waals surface area contributed by atoms with Crippen LogP contribution in [-0.4, -0.2) is 25.2 Å². The van der Waals surface area contributed by atoms with E-state index in [1.54, 1.807) is 0 Å². The molecule has 0 aliphatic rings. The molecular formula is C26H30N2O3. The van der Waals surface area contributed by atoms with E-state index in [1.807, 2.05) is 80.6 Å². The van der Waals surface area contributed by atoms with Gasteiger partial charge in [0.15, 0.2) is 0 Å². The molecule has 0 unspecified atom stereocenters. The molecule has 0 saturated heterocycles. The van der Waals surface area contributed by atoms with Crippen LogP contribution in [0.1, 0.15) is 25.0 Å². The fourth-order valence-corrected chi connectivity index (χ4v) is 3.03. The minimum absolute atomic E-state index is 0.0714. The molecule has 5 nitrogen and oxygen atoms in total. The summed E-state index contributed by atoms with van der Waals surface area (Å²) in [6, 6.07) is 25.7. The van der Waals surface area contributed by atoms with Crippen molar-refractivity contribution in [3.8, 4) is 11.5 Å². The number of benzene rings is 3. The van der Waals surface area contributed by atoms with Crippen molar-refractivity contribution in [1.29, 1.82) is 0 Å². The number of ether oxygens (including phenoxy) is 2. The lowest BCUT2D eigenvalue weighted by atomic mass is 10.2. The normalized spacial score (nSPS) is 10.5. The molecule has 0 bridgehead atoms. The van der Waals surface area contributed by atoms with Crippen molar-refractivity contribution in [3.05, 3.63) is 90.0 Å². The Labute approximate surface area is 184 Å². The summed E-state index contributed by atoms with van der Waals surface area (Å²) < 4.78 is 11.5. The number of carbonyl (C=O) groups is 1. The van der Waals surface area contributed by atoms with Crippen LogP contribution in [0.2, 0.25) is 0 Å². The highest BCUT2D eigenvalue weighted by Crippen LogP contribution is 2.18. The molecule has 0 atom stereocenters. The minimum Gasteiger partial charge on any atom is -0.493 e. The molecule has 0 aromatic heterocycles. The molecule has 3 aromatic carbocycles. The summed E-state index contributed by atoms with van der Waals surface area (Å²) in [6.45, 7) is 5.27. The van der Waals surface area contributed by atoms with Crippen LogP contribution in [0.15, 0.2) is 78.9 Å². The first kappa shape index (κ1) is 22.2. The summed E-state index contributed by atoms with van der Waals surface area (Å²) in [5.74, 6) is 1.54. The Hall–Kier alpha value is -3.47. The molecule has 5 heteroatoms. The Morgan fingerprint density at radius 1 is 0.871 bits per heavy atom. The van der Waals surface area contributed by atoms with Gasteiger partial charge in [0.1, 0.15) is 11.5 Å². The number of hydrogen-bond donors (Lipinski definition) is 2. The van der Waals surface area contributed by atoms with Crippen LogP contribution in [0.3, 0.4) is 0 Å². The van der Waals surface area contributed by atoms with Gasteiger partial charge in [-0.3, -0.25) is 4.79 Å². The molecule has 0 fully saturated rings. The summed E-state index contributed by atoms with van der Waals surface area (Å²) in [5.41, 5.74) is 3.12. The Bertz CT molecular complexity index is 940. The van der Waals surface area contributed by atoms with Crippen molar-refractivity contribution >= 4 is 11.6 Å². The third-order valence-electron chi connectivity index (χ3n) is 4.57. The molecule has 162 valence electrons. The van der Waals surface area contributed by atoms with Crippen LogP contribution in [0.5, 0.6) is 11.5 Å². The number of rotatable bonds is 11. The van der Waals surface area contributed by atoms with E-state index in [2.05, 4.69) is 22.8 Å². The predicted molar refractivity (Wildman–Crippen MR) is 125 cm³/mol. The van der Waals surface area contributed by atoms with Crippen molar-refractivity contribution in [2.24, 2.45) is 0 Å². The maximum absolute atomic E-state index is 12.2. The van der Waals surface area contributed by atoms with E-state index in [9.17, 15) is 4.79 Å². The standard InChI is InChI=1S/C26H30N2O3/c1-20(2)31-24-13-11-22(12-14-24)18-28-26(29)19-27-23-9-6-10-25(17-23)30-16-15-21-7-4-3-5-8-21/h3-14,17,20,27H,15-16,18-19H2,1-2H3,(H,28,29). The predicted octanol–water partition coefficient (Wildman–Crippen LogP) is 4.82. The lowest BCUT2D eigenvalue weighted by molar-refractivity contribution is -0.119. The molecule has 0 aliphatic carbocycles. The Morgan fingerprint density at radius 3 is 2.39 bits per heavy atom. The summed E-state index contributed by atoms with van der Waals surface area (Å²) in [6.07, 6.45) is 0.996. The first-order chi connectivity index (χ1) is 15.1. The van der Waals surface area contributed by atoms with Crippen LogP contribution >= 0.6 is 0 Å². The van der Waals surface area contributed by atoms with Crippen molar-refractivity contribution in [1.82, 2.24) is 5.32 Å². The van der Waals surface area contributed by atoms with E-state index in [4.69, 9.17) is 9.47 Å². The molecule has 31 heavy (non-hydrogen) atoms. The molecule has 0 radical (unpaired) electrons. The zero-order chi connectivity index (χ0) is 21.9. The van der Waals surface area contributed by atoms with Crippen LogP contribution in [-0.2, 0) is 17.8 Å². The van der Waals surface area contributed by atoms with Gasteiger partial charge in [0, 0.05) is 24.7 Å². The van der Waals surface area contributed by atoms with Crippen molar-refractivity contribution < 1.29 is 14.3 Å². The smallest absolute Gasteiger partial charge is 0.239 e. The number of anilines is 1. The highest BCUT2D eigenvalue weighted by atomic mass is 16.5. The average Bonchev–Trinajstić information content (AvgIpc) is 2.78. The van der Waals surface area contributed by atoms with E-state index in [0.717, 1.165) is 29.2 Å². The van der Waals surface area contributed by atoms with Gasteiger partial charge in [-0.2, -0.15) is 0 Å². The summed E-state index contributed by atoms with van der Waals surface area (Å²) >= 11 is 0. The number of nitrogens with one attached hydrogen (secondary N) is 2. The monoisotopic (exact) mass is 418 g/mol. The third-order valence-corrected chi connectivity index (χ3v) is 4.57. The number of hydrogen-bond acceptors (Lipinski definition) is 4. The first-order valence-corrected chi connectivity index (χ1v) is 10.6. The fourth-order valence-electron chi connectivity index (χ4n) is 3.03. The van der Waals surface area contributed by atoms with Gasteiger partial charge < -0.3 is 20.1 Å². The SMILES string of the molecule is CC(C)Oc1ccc(CNC(=O)CNc2cccc(OCCc3ccccc3)c2)cc1. The fraction of sp³-hybridized carbons (Fsp3) is 0.269. The molecular weight excluding hydrogens is 388 g/mol. The van der Waals surface area contributed by atoms with Crippen LogP contribution in [0.4, 0.5) is 5.69 Å². The second-order valence-electron chi connectivity index (χ2n) is 7.55. The van der Waals surface area contributed by atoms with Crippen molar-refractivity contribution in [2.45, 2.75) is 32.9 Å². The molecule has 3 rings (SSSR count). The zero-order valence-corrected chi connectivity index (χ0v) is 18.1. The van der Waals surface area contributed by atoms with Crippen LogP contribution < -0.4 is 20.1 Å². The Balaban J connectivity index is 1.39. The highest BCUT2D eigenvalue weighted by molar-refractivity contribution is 5.80. The van der Waals surface area contributed by atoms with Gasteiger partial charge in [0.05, 0.1) is 19.3 Å². The molecule has 0 heterocycles. The molecule has 2 N–H and O–H groups in total. The van der Waals surface area contributed by atoms with Crippen molar-refractivity contribution in [3.63, 3.8) is 0 Å². The largest absolute Gasteiger partial charge is 0.493 e. The van der Waals surface area contributed by atoms with Gasteiger partial charge in [-0.1, -0.05) is 48.5 Å². The van der Waals surface area contributed by atoms with E-state index < -0.39 is 0 Å². The van der Waals surface area contributed by atoms with E-state index in [0.29, 0.717) is 13.2 Å². The Morgan fingerprint density at radius 2 is 1.65 bits per heavy atom. The quantitative estimate of drug-likeness (QED) is 0.469. The second kappa shape index (κ2) is 11.6. The average molecular weight is 419 g/mol. The minimum atomic E-state index is -0.0714. The maximum Gasteiger partial charge on any atom is 0.239 e. The maximum atomic E-state index is 12.2. The van der Waals surface area contributed by atoms with Gasteiger partial charge in [-0.15, -0.1) is 0 Å². The number of amides is 1. The zero-order valence-electron chi connectivity index (χ0n) is 18.1. The lowest BCUT2D eigenvalue weighted by Crippen LogP contribution is -2.29. The van der Waals surface area contributed by atoms with Gasteiger partial charge in [-0.25, -0.2) is 0 Å². The summed E-state index contributed by atoms with van der Waals surface area (Å²) in [4.78, 5) is 12.2. The second-order valence-corrected chi connectivity index (χ2v) is 7.55. The molecule has 3 aromatic rings. The van der Waals surface area contributed by atoms with E-state index in [-0.39, 0.29) is 18.6 Å². The summed E-state index contributed by atoms with van der Waals surface area (Å²) in [7, 11) is 0. The molecule has 1 amide bonds. The molecule has 0 aliphatic heterocycles. The lowest BCUT2D eigenvalue weighted by Gasteiger charge is -2.11. The third kappa shape index (κ3) is 8.05. The highest BCUT2D eigenvalue weighted by Gasteiger charge is 2.04. The van der Waals surface area contributed by atoms with Crippen LogP contribution in [0, 0.1) is 0 Å². The van der Waals surface area contributed by atoms with Crippen molar-refractivity contribution in [2.75, 3.05) is 18.5 Å². The topological polar surface area (TPSA) is 59.6 Å². The van der Waals surface area contributed by atoms with E-state index in [1.165, 1.54) is 5.56 Å². The van der Waals surface area contributed by atoms with Crippen LogP contribution in [0.25, 0.3) is 0 Å². The van der Waals surface area contributed by atoms with Gasteiger partial charge in [0.2, 0.25) is 5.91 Å². The number of carbonyl (C=O) groups excluding carboxylic acids is 1. The van der Waals surface area contributed by atoms with Gasteiger partial charge >= 0.3 is 0 Å². The van der Waals surface area contributed by atoms with Gasteiger partial charge in [0.25, 0.3) is 0 Å². The molecule has 0 spiro atoms.